The van der Waals surface area contributed by atoms with Gasteiger partial charge in [0, 0.05) is 30.0 Å². The van der Waals surface area contributed by atoms with Gasteiger partial charge in [0.15, 0.2) is 0 Å². The number of benzene rings is 1. The van der Waals surface area contributed by atoms with Crippen molar-refractivity contribution < 1.29 is 18.4 Å². The average molecular weight is 392 g/mol. The van der Waals surface area contributed by atoms with E-state index in [0.717, 1.165) is 28.6 Å². The Morgan fingerprint density at radius 2 is 1.96 bits per heavy atom. The standard InChI is InChI=1S/C20H22F2N2O2S/c1-3-24(4-2)20(26)18-10-13-9-12(5-8-17(13)27-18)19(25)23-16-11-14(21)6-7-15(16)22/h6-7,10-12H,3-5,8-9H2,1-2H3,(H,23,25)/t12-/m0/s1. The van der Waals surface area contributed by atoms with Crippen molar-refractivity contribution in [2.45, 2.75) is 33.1 Å². The van der Waals surface area contributed by atoms with Crippen molar-refractivity contribution in [3.63, 3.8) is 0 Å². The lowest BCUT2D eigenvalue weighted by Gasteiger charge is -2.21. The molecule has 0 unspecified atom stereocenters. The topological polar surface area (TPSA) is 49.4 Å². The fourth-order valence-electron chi connectivity index (χ4n) is 3.35. The van der Waals surface area contributed by atoms with Gasteiger partial charge < -0.3 is 10.2 Å². The Bertz CT molecular complexity index is 862. The molecule has 1 atom stereocenters. The molecule has 4 nitrogen and oxygen atoms in total. The van der Waals surface area contributed by atoms with Gasteiger partial charge in [0.2, 0.25) is 5.91 Å². The van der Waals surface area contributed by atoms with Gasteiger partial charge in [-0.25, -0.2) is 8.78 Å². The van der Waals surface area contributed by atoms with Gasteiger partial charge in [-0.15, -0.1) is 11.3 Å². The van der Waals surface area contributed by atoms with E-state index < -0.39 is 11.6 Å². The lowest BCUT2D eigenvalue weighted by Crippen LogP contribution is -2.29. The number of fused-ring (bicyclic) bond motifs is 1. The molecule has 0 fully saturated rings. The molecular weight excluding hydrogens is 370 g/mol. The maximum Gasteiger partial charge on any atom is 0.263 e. The molecule has 0 radical (unpaired) electrons. The molecule has 1 aromatic heterocycles. The Labute approximate surface area is 161 Å². The van der Waals surface area contributed by atoms with Gasteiger partial charge in [-0.2, -0.15) is 0 Å². The van der Waals surface area contributed by atoms with Crippen molar-refractivity contribution in [2.75, 3.05) is 18.4 Å². The van der Waals surface area contributed by atoms with E-state index in [0.29, 0.717) is 37.2 Å². The molecule has 0 bridgehead atoms. The van der Waals surface area contributed by atoms with Gasteiger partial charge in [-0.3, -0.25) is 9.59 Å². The third kappa shape index (κ3) is 4.18. The number of carbonyl (C=O) groups is 2. The predicted molar refractivity (Wildman–Crippen MR) is 102 cm³/mol. The highest BCUT2D eigenvalue weighted by atomic mass is 32.1. The highest BCUT2D eigenvalue weighted by Crippen LogP contribution is 2.33. The third-order valence-electron chi connectivity index (χ3n) is 4.90. The highest BCUT2D eigenvalue weighted by Gasteiger charge is 2.28. The summed E-state index contributed by atoms with van der Waals surface area (Å²) in [6.07, 6.45) is 1.82. The van der Waals surface area contributed by atoms with Crippen LogP contribution in [0.2, 0.25) is 0 Å². The van der Waals surface area contributed by atoms with Crippen molar-refractivity contribution in [1.82, 2.24) is 4.90 Å². The second-order valence-electron chi connectivity index (χ2n) is 6.59. The highest BCUT2D eigenvalue weighted by molar-refractivity contribution is 7.14. The van der Waals surface area contributed by atoms with E-state index in [1.54, 1.807) is 4.90 Å². The second-order valence-corrected chi connectivity index (χ2v) is 7.73. The SMILES string of the molecule is CCN(CC)C(=O)c1cc2c(s1)CC[C@H](C(=O)Nc1cc(F)ccc1F)C2. The number of thiophene rings is 1. The van der Waals surface area contributed by atoms with Crippen LogP contribution in [0.3, 0.4) is 0 Å². The number of hydrogen-bond acceptors (Lipinski definition) is 3. The Morgan fingerprint density at radius 1 is 1.22 bits per heavy atom. The second kappa shape index (κ2) is 8.17. The summed E-state index contributed by atoms with van der Waals surface area (Å²) in [7, 11) is 0. The molecule has 3 rings (SSSR count). The third-order valence-corrected chi connectivity index (χ3v) is 6.13. The Hall–Kier alpha value is -2.28. The fraction of sp³-hybridized carbons (Fsp3) is 0.400. The van der Waals surface area contributed by atoms with Crippen molar-refractivity contribution in [2.24, 2.45) is 5.92 Å². The molecule has 1 aromatic carbocycles. The molecule has 2 amide bonds. The van der Waals surface area contributed by atoms with Crippen molar-refractivity contribution in [3.05, 3.63) is 51.2 Å². The monoisotopic (exact) mass is 392 g/mol. The molecule has 1 aliphatic carbocycles. The van der Waals surface area contributed by atoms with Crippen LogP contribution in [0.15, 0.2) is 24.3 Å². The first-order valence-corrected chi connectivity index (χ1v) is 9.91. The number of amides is 2. The Kier molecular flexibility index (Phi) is 5.89. The van der Waals surface area contributed by atoms with Crippen LogP contribution in [-0.4, -0.2) is 29.8 Å². The number of nitrogens with one attached hydrogen (secondary N) is 1. The van der Waals surface area contributed by atoms with Crippen molar-refractivity contribution in [1.29, 1.82) is 0 Å². The largest absolute Gasteiger partial charge is 0.339 e. The molecule has 1 N–H and O–H groups in total. The molecule has 0 aliphatic heterocycles. The quantitative estimate of drug-likeness (QED) is 0.827. The summed E-state index contributed by atoms with van der Waals surface area (Å²) in [5.74, 6) is -1.90. The predicted octanol–water partition coefficient (Wildman–Crippen LogP) is 4.25. The smallest absolute Gasteiger partial charge is 0.263 e. The number of carbonyl (C=O) groups excluding carboxylic acids is 2. The molecule has 1 aliphatic rings. The summed E-state index contributed by atoms with van der Waals surface area (Å²) in [5.41, 5.74) is 0.857. The summed E-state index contributed by atoms with van der Waals surface area (Å²) in [6, 6.07) is 4.86. The first kappa shape index (κ1) is 19.5. The molecule has 0 saturated heterocycles. The fourth-order valence-corrected chi connectivity index (χ4v) is 4.52. The minimum atomic E-state index is -0.663. The van der Waals surface area contributed by atoms with Gasteiger partial charge in [-0.05, 0) is 56.9 Å². The molecule has 1 heterocycles. The van der Waals surface area contributed by atoms with Gasteiger partial charge in [0.1, 0.15) is 11.6 Å². The summed E-state index contributed by atoms with van der Waals surface area (Å²) in [4.78, 5) is 28.6. The summed E-state index contributed by atoms with van der Waals surface area (Å²) < 4.78 is 27.0. The van der Waals surface area contributed by atoms with E-state index in [9.17, 15) is 18.4 Å². The zero-order valence-corrected chi connectivity index (χ0v) is 16.2. The van der Waals surface area contributed by atoms with E-state index in [2.05, 4.69) is 5.32 Å². The van der Waals surface area contributed by atoms with Gasteiger partial charge >= 0.3 is 0 Å². The number of hydrogen-bond donors (Lipinski definition) is 1. The van der Waals surface area contributed by atoms with E-state index in [1.165, 1.54) is 11.3 Å². The number of anilines is 1. The van der Waals surface area contributed by atoms with Crippen LogP contribution >= 0.6 is 11.3 Å². The zero-order chi connectivity index (χ0) is 19.6. The first-order valence-electron chi connectivity index (χ1n) is 9.09. The minimum Gasteiger partial charge on any atom is -0.339 e. The van der Waals surface area contributed by atoms with Crippen LogP contribution < -0.4 is 5.32 Å². The zero-order valence-electron chi connectivity index (χ0n) is 15.4. The maximum atomic E-state index is 13.7. The molecule has 144 valence electrons. The minimum absolute atomic E-state index is 0.0160. The average Bonchev–Trinajstić information content (AvgIpc) is 3.08. The van der Waals surface area contributed by atoms with E-state index in [1.807, 2.05) is 19.9 Å². The van der Waals surface area contributed by atoms with Crippen LogP contribution in [0.4, 0.5) is 14.5 Å². The number of rotatable bonds is 5. The summed E-state index contributed by atoms with van der Waals surface area (Å²) in [6.45, 7) is 5.20. The van der Waals surface area contributed by atoms with Crippen LogP contribution in [0.1, 0.15) is 40.4 Å². The maximum absolute atomic E-state index is 13.7. The van der Waals surface area contributed by atoms with Gasteiger partial charge in [0.25, 0.3) is 5.91 Å². The van der Waals surface area contributed by atoms with E-state index >= 15 is 0 Å². The molecule has 2 aromatic rings. The first-order chi connectivity index (χ1) is 12.9. The molecule has 7 heteroatoms. The van der Waals surface area contributed by atoms with E-state index in [4.69, 9.17) is 0 Å². The number of aryl methyl sites for hydroxylation is 1. The normalized spacial score (nSPS) is 15.9. The molecule has 0 saturated carbocycles. The summed E-state index contributed by atoms with van der Waals surface area (Å²) in [5, 5.41) is 2.49. The number of nitrogens with zero attached hydrogens (tertiary/aromatic N) is 1. The Morgan fingerprint density at radius 3 is 2.67 bits per heavy atom. The van der Waals surface area contributed by atoms with E-state index in [-0.39, 0.29) is 23.4 Å². The lowest BCUT2D eigenvalue weighted by molar-refractivity contribution is -0.120. The summed E-state index contributed by atoms with van der Waals surface area (Å²) >= 11 is 1.49. The lowest BCUT2D eigenvalue weighted by atomic mass is 9.87. The van der Waals surface area contributed by atoms with Crippen molar-refractivity contribution >= 4 is 28.8 Å². The van der Waals surface area contributed by atoms with Gasteiger partial charge in [-0.1, -0.05) is 0 Å². The van der Waals surface area contributed by atoms with Crippen LogP contribution in [0, 0.1) is 17.6 Å². The van der Waals surface area contributed by atoms with Crippen LogP contribution in [-0.2, 0) is 17.6 Å². The van der Waals surface area contributed by atoms with Crippen LogP contribution in [0.25, 0.3) is 0 Å². The van der Waals surface area contributed by atoms with Crippen LogP contribution in [0.5, 0.6) is 0 Å². The van der Waals surface area contributed by atoms with Crippen molar-refractivity contribution in [3.8, 4) is 0 Å². The van der Waals surface area contributed by atoms with Gasteiger partial charge in [0.05, 0.1) is 10.6 Å². The molecular formula is C20H22F2N2O2S. The Balaban J connectivity index is 1.71. The number of halogens is 2. The molecule has 27 heavy (non-hydrogen) atoms. The molecule has 0 spiro atoms.